The van der Waals surface area contributed by atoms with Crippen LogP contribution in [0.2, 0.25) is 0 Å². The number of hydrogen-bond donors (Lipinski definition) is 0. The average Bonchev–Trinajstić information content (AvgIpc) is 1.85. The van der Waals surface area contributed by atoms with Crippen LogP contribution in [0, 0.1) is 18.9 Å². The van der Waals surface area contributed by atoms with Crippen LogP contribution >= 0.6 is 0 Å². The van der Waals surface area contributed by atoms with Crippen LogP contribution in [0.3, 0.4) is 0 Å². The first kappa shape index (κ1) is 11.8. The molecule has 0 amide bonds. The van der Waals surface area contributed by atoms with Crippen LogP contribution in [-0.2, 0) is 25.0 Å². The van der Waals surface area contributed by atoms with Gasteiger partial charge in [-0.15, -0.1) is 0 Å². The van der Waals surface area contributed by atoms with Crippen molar-refractivity contribution in [3.63, 3.8) is 0 Å². The van der Waals surface area contributed by atoms with E-state index in [-0.39, 0.29) is 18.6 Å². The fraction of sp³-hybridized carbons (Fsp3) is 0.364. The molecule has 1 aromatic rings. The number of aryl methyl sites for hydroxylation is 1. The Bertz CT molecular complexity index is 228. The first-order valence-corrected chi connectivity index (χ1v) is 3.95. The molecule has 0 aliphatic carbocycles. The third-order valence-corrected chi connectivity index (χ3v) is 1.56. The Hall–Kier alpha value is -0.196. The fourth-order valence-electron chi connectivity index (χ4n) is 1.13. The van der Waals surface area contributed by atoms with Crippen LogP contribution < -0.4 is 0 Å². The fourth-order valence-corrected chi connectivity index (χ4v) is 1.13. The average molecular weight is 197 g/mol. The molecular weight excluding hydrogens is 183 g/mol. The van der Waals surface area contributed by atoms with Gasteiger partial charge in [0.2, 0.25) is 0 Å². The quantitative estimate of drug-likeness (QED) is 0.639. The normalized spacial score (nSPS) is 9.67. The molecule has 1 heteroatoms. The maximum absolute atomic E-state index is 3.22. The van der Waals surface area contributed by atoms with Gasteiger partial charge in [0.15, 0.2) is 0 Å². The topological polar surface area (TPSA) is 0 Å². The minimum Gasteiger partial charge on any atom is -0.317 e. The van der Waals surface area contributed by atoms with Crippen molar-refractivity contribution in [3.05, 3.63) is 41.3 Å². The number of rotatable bonds is 2. The van der Waals surface area contributed by atoms with Crippen molar-refractivity contribution >= 4 is 0 Å². The zero-order chi connectivity index (χ0) is 8.27. The Balaban J connectivity index is 0.00000121. The molecule has 1 rings (SSSR count). The molecule has 63 valence electrons. The van der Waals surface area contributed by atoms with Gasteiger partial charge in [-0.25, -0.2) is 0 Å². The minimum absolute atomic E-state index is 0. The molecule has 0 saturated carbocycles. The molecule has 0 bridgehead atoms. The summed E-state index contributed by atoms with van der Waals surface area (Å²) in [5.74, 6) is 1.44. The first-order valence-electron chi connectivity index (χ1n) is 3.95. The van der Waals surface area contributed by atoms with Crippen LogP contribution in [0.15, 0.2) is 18.2 Å². The van der Waals surface area contributed by atoms with Crippen LogP contribution in [0.25, 0.3) is 0 Å². The van der Waals surface area contributed by atoms with Crippen LogP contribution in [0.1, 0.15) is 25.0 Å². The van der Waals surface area contributed by atoms with E-state index in [1.165, 1.54) is 17.0 Å². The predicted octanol–water partition coefficient (Wildman–Crippen LogP) is 2.95. The van der Waals surface area contributed by atoms with Gasteiger partial charge in [0.25, 0.3) is 0 Å². The molecule has 0 saturated heterocycles. The Kier molecular flexibility index (Phi) is 5.36. The molecule has 0 spiro atoms. The van der Waals surface area contributed by atoms with Crippen molar-refractivity contribution in [3.8, 4) is 0 Å². The van der Waals surface area contributed by atoms with Crippen molar-refractivity contribution in [1.82, 2.24) is 0 Å². The van der Waals surface area contributed by atoms with E-state index >= 15 is 0 Å². The van der Waals surface area contributed by atoms with E-state index in [4.69, 9.17) is 0 Å². The molecule has 0 aromatic heterocycles. The molecule has 0 N–H and O–H groups in total. The Morgan fingerprint density at radius 1 is 1.42 bits per heavy atom. The monoisotopic (exact) mass is 197 g/mol. The van der Waals surface area contributed by atoms with Crippen molar-refractivity contribution < 1.29 is 18.6 Å². The molecule has 1 aromatic carbocycles. The van der Waals surface area contributed by atoms with Gasteiger partial charge in [-0.05, 0) is 0 Å². The number of benzene rings is 1. The van der Waals surface area contributed by atoms with E-state index in [0.717, 1.165) is 6.42 Å². The van der Waals surface area contributed by atoms with Crippen LogP contribution in [-0.4, -0.2) is 0 Å². The Morgan fingerprint density at radius 2 is 2.08 bits per heavy atom. The third-order valence-electron chi connectivity index (χ3n) is 1.56. The summed E-state index contributed by atoms with van der Waals surface area (Å²) in [4.78, 5) is 0. The molecule has 12 heavy (non-hydrogen) atoms. The van der Waals surface area contributed by atoms with Gasteiger partial charge >= 0.3 is 18.6 Å². The van der Waals surface area contributed by atoms with Gasteiger partial charge in [0.05, 0.1) is 0 Å². The summed E-state index contributed by atoms with van der Waals surface area (Å²) in [6, 6.07) is 9.48. The number of hydrogen-bond acceptors (Lipinski definition) is 0. The summed E-state index contributed by atoms with van der Waals surface area (Å²) in [6.45, 7) is 6.41. The largest absolute Gasteiger partial charge is 2.00 e. The SMILES string of the molecule is Cc1cc[c-]c(C[C-](C)C)c1.[V+2]. The van der Waals surface area contributed by atoms with Crippen molar-refractivity contribution in [2.75, 3.05) is 0 Å². The molecule has 0 aliphatic rings. The van der Waals surface area contributed by atoms with Gasteiger partial charge in [0.1, 0.15) is 0 Å². The van der Waals surface area contributed by atoms with Crippen molar-refractivity contribution in [2.45, 2.75) is 27.2 Å². The Morgan fingerprint density at radius 3 is 2.58 bits per heavy atom. The molecule has 0 fully saturated rings. The minimum atomic E-state index is 0. The predicted molar refractivity (Wildman–Crippen MR) is 48.3 cm³/mol. The maximum atomic E-state index is 3.22. The molecule has 0 aliphatic heterocycles. The van der Waals surface area contributed by atoms with E-state index < -0.39 is 0 Å². The molecular formula is C11H14V. The zero-order valence-electron chi connectivity index (χ0n) is 7.89. The second-order valence-electron chi connectivity index (χ2n) is 3.28. The van der Waals surface area contributed by atoms with E-state index in [9.17, 15) is 0 Å². The summed E-state index contributed by atoms with van der Waals surface area (Å²) < 4.78 is 0. The van der Waals surface area contributed by atoms with Gasteiger partial charge in [-0.2, -0.15) is 55.7 Å². The van der Waals surface area contributed by atoms with E-state index in [0.29, 0.717) is 0 Å². The first-order chi connectivity index (χ1) is 5.18. The van der Waals surface area contributed by atoms with Crippen LogP contribution in [0.5, 0.6) is 0 Å². The van der Waals surface area contributed by atoms with Crippen LogP contribution in [0.4, 0.5) is 0 Å². The third kappa shape index (κ3) is 3.99. The molecule has 0 atom stereocenters. The smallest absolute Gasteiger partial charge is 0.317 e. The summed E-state index contributed by atoms with van der Waals surface area (Å²) in [5.41, 5.74) is 2.62. The summed E-state index contributed by atoms with van der Waals surface area (Å²) >= 11 is 0. The maximum Gasteiger partial charge on any atom is 2.00 e. The second kappa shape index (κ2) is 5.45. The van der Waals surface area contributed by atoms with E-state index in [1.54, 1.807) is 0 Å². The summed E-state index contributed by atoms with van der Waals surface area (Å²) in [7, 11) is 0. The van der Waals surface area contributed by atoms with Gasteiger partial charge < -0.3 is 5.92 Å². The van der Waals surface area contributed by atoms with E-state index in [1.807, 2.05) is 6.07 Å². The van der Waals surface area contributed by atoms with Crippen molar-refractivity contribution in [1.29, 1.82) is 0 Å². The van der Waals surface area contributed by atoms with Gasteiger partial charge in [-0.3, -0.25) is 0 Å². The van der Waals surface area contributed by atoms with Crippen molar-refractivity contribution in [2.24, 2.45) is 0 Å². The Labute approximate surface area is 87.3 Å². The zero-order valence-corrected chi connectivity index (χ0v) is 9.28. The second-order valence-corrected chi connectivity index (χ2v) is 3.28. The molecule has 0 unspecified atom stereocenters. The van der Waals surface area contributed by atoms with E-state index in [2.05, 4.69) is 39.0 Å². The molecule has 0 heterocycles. The summed E-state index contributed by atoms with van der Waals surface area (Å²) in [6.07, 6.45) is 1.06. The molecule has 0 nitrogen and oxygen atoms in total. The van der Waals surface area contributed by atoms with Gasteiger partial charge in [0, 0.05) is 0 Å². The summed E-state index contributed by atoms with van der Waals surface area (Å²) in [5, 5.41) is 0. The molecule has 1 radical (unpaired) electrons. The standard InChI is InChI=1S/C11H14.V/c1-9(2)7-11-6-4-5-10(3)8-11;/h4-5,8H,7H2,1-3H3;/q-2;+2. The van der Waals surface area contributed by atoms with Gasteiger partial charge in [-0.1, -0.05) is 6.92 Å².